The Morgan fingerprint density at radius 2 is 2.00 bits per heavy atom. The number of nitrogens with one attached hydrogen (secondary N) is 2. The molecule has 0 aromatic rings. The number of methoxy groups -OCH3 is 1. The van der Waals surface area contributed by atoms with Crippen molar-refractivity contribution in [3.05, 3.63) is 0 Å². The number of ether oxygens (including phenoxy) is 1. The summed E-state index contributed by atoms with van der Waals surface area (Å²) in [6.07, 6.45) is 0. The molecule has 0 saturated carbocycles. The highest BCUT2D eigenvalue weighted by Crippen LogP contribution is 2.01. The van der Waals surface area contributed by atoms with Gasteiger partial charge in [-0.05, 0) is 27.7 Å². The van der Waals surface area contributed by atoms with Crippen molar-refractivity contribution in [2.45, 2.75) is 39.3 Å². The predicted octanol–water partition coefficient (Wildman–Crippen LogP) is 1.12. The Bertz CT molecular complexity index is 167. The molecule has 0 spiro atoms. The smallest absolute Gasteiger partial charge is 0.315 e. The Hall–Kier alpha value is -0.770. The molecule has 0 aliphatic carbocycles. The Balaban J connectivity index is 3.89. The molecule has 0 fully saturated rings. The highest BCUT2D eigenvalue weighted by Gasteiger charge is 2.19. The zero-order chi connectivity index (χ0) is 10.5. The van der Waals surface area contributed by atoms with Gasteiger partial charge in [-0.3, -0.25) is 0 Å². The number of hydrogen-bond donors (Lipinski definition) is 2. The Morgan fingerprint density at radius 1 is 1.46 bits per heavy atom. The third-order valence-corrected chi connectivity index (χ3v) is 1.38. The van der Waals surface area contributed by atoms with E-state index in [-0.39, 0.29) is 17.6 Å². The molecule has 0 aromatic carbocycles. The Kier molecular flexibility index (Phi) is 4.77. The lowest BCUT2D eigenvalue weighted by molar-refractivity contribution is 0.131. The van der Waals surface area contributed by atoms with E-state index in [0.717, 1.165) is 0 Å². The van der Waals surface area contributed by atoms with Crippen LogP contribution in [-0.2, 0) is 4.74 Å². The zero-order valence-corrected chi connectivity index (χ0v) is 9.10. The molecule has 78 valence electrons. The van der Waals surface area contributed by atoms with E-state index in [9.17, 15) is 4.79 Å². The monoisotopic (exact) mass is 188 g/mol. The summed E-state index contributed by atoms with van der Waals surface area (Å²) in [7, 11) is 1.61. The third-order valence-electron chi connectivity index (χ3n) is 1.38. The lowest BCUT2D eigenvalue weighted by atomic mass is 10.1. The van der Waals surface area contributed by atoms with Crippen molar-refractivity contribution in [1.82, 2.24) is 10.6 Å². The van der Waals surface area contributed by atoms with E-state index in [1.165, 1.54) is 0 Å². The highest BCUT2D eigenvalue weighted by molar-refractivity contribution is 5.74. The van der Waals surface area contributed by atoms with E-state index in [1.807, 2.05) is 27.7 Å². The van der Waals surface area contributed by atoms with Gasteiger partial charge in [-0.2, -0.15) is 0 Å². The molecule has 2 N–H and O–H groups in total. The second-order valence-electron chi connectivity index (χ2n) is 4.07. The van der Waals surface area contributed by atoms with Gasteiger partial charge in [0.05, 0.1) is 12.1 Å². The van der Waals surface area contributed by atoms with Crippen molar-refractivity contribution >= 4 is 6.03 Å². The van der Waals surface area contributed by atoms with Gasteiger partial charge >= 0.3 is 6.03 Å². The summed E-state index contributed by atoms with van der Waals surface area (Å²) < 4.78 is 4.97. The van der Waals surface area contributed by atoms with Crippen LogP contribution in [0.4, 0.5) is 4.79 Å². The molecule has 0 saturated heterocycles. The van der Waals surface area contributed by atoms with Crippen LogP contribution in [-0.4, -0.2) is 31.3 Å². The van der Waals surface area contributed by atoms with E-state index < -0.39 is 0 Å². The number of hydrogen-bond acceptors (Lipinski definition) is 2. The summed E-state index contributed by atoms with van der Waals surface area (Å²) >= 11 is 0. The van der Waals surface area contributed by atoms with Crippen LogP contribution < -0.4 is 10.6 Å². The highest BCUT2D eigenvalue weighted by atomic mass is 16.5. The van der Waals surface area contributed by atoms with E-state index >= 15 is 0 Å². The van der Waals surface area contributed by atoms with Gasteiger partial charge < -0.3 is 15.4 Å². The lowest BCUT2D eigenvalue weighted by Crippen LogP contribution is -2.52. The van der Waals surface area contributed by atoms with Crippen molar-refractivity contribution < 1.29 is 9.53 Å². The predicted molar refractivity (Wildman–Crippen MR) is 52.8 cm³/mol. The molecule has 4 heteroatoms. The second kappa shape index (κ2) is 5.07. The minimum Gasteiger partial charge on any atom is -0.382 e. The number of rotatable bonds is 4. The minimum atomic E-state index is -0.326. The molecule has 0 aliphatic rings. The summed E-state index contributed by atoms with van der Waals surface area (Å²) in [5.41, 5.74) is -0.326. The molecule has 0 atom stereocenters. The van der Waals surface area contributed by atoms with Gasteiger partial charge in [-0.15, -0.1) is 0 Å². The van der Waals surface area contributed by atoms with Gasteiger partial charge in [0.2, 0.25) is 0 Å². The van der Waals surface area contributed by atoms with Gasteiger partial charge in [0.15, 0.2) is 0 Å². The van der Waals surface area contributed by atoms with Crippen LogP contribution in [0.2, 0.25) is 0 Å². The molecule has 0 bridgehead atoms. The summed E-state index contributed by atoms with van der Waals surface area (Å²) in [5.74, 6) is 0. The quantitative estimate of drug-likeness (QED) is 0.694. The Labute approximate surface area is 80.0 Å². The largest absolute Gasteiger partial charge is 0.382 e. The van der Waals surface area contributed by atoms with E-state index in [1.54, 1.807) is 7.11 Å². The van der Waals surface area contributed by atoms with Gasteiger partial charge in [0, 0.05) is 13.2 Å². The van der Waals surface area contributed by atoms with Crippen LogP contribution in [0.3, 0.4) is 0 Å². The number of amides is 2. The Morgan fingerprint density at radius 3 is 2.38 bits per heavy atom. The molecule has 0 unspecified atom stereocenters. The fourth-order valence-electron chi connectivity index (χ4n) is 1.00. The molecule has 0 heterocycles. The fraction of sp³-hybridized carbons (Fsp3) is 0.889. The number of carbonyl (C=O) groups is 1. The van der Waals surface area contributed by atoms with Crippen molar-refractivity contribution in [2.75, 3.05) is 13.7 Å². The van der Waals surface area contributed by atoms with Crippen molar-refractivity contribution in [3.63, 3.8) is 0 Å². The maximum Gasteiger partial charge on any atom is 0.315 e. The maximum atomic E-state index is 11.3. The molecular formula is C9H20N2O2. The van der Waals surface area contributed by atoms with Crippen molar-refractivity contribution in [2.24, 2.45) is 0 Å². The molecule has 0 rings (SSSR count). The standard InChI is InChI=1S/C9H20N2O2/c1-7(2)10-8(12)11-9(3,4)6-13-5/h7H,6H2,1-5H3,(H2,10,11,12). The average molecular weight is 188 g/mol. The van der Waals surface area contributed by atoms with Crippen LogP contribution in [0.1, 0.15) is 27.7 Å². The summed E-state index contributed by atoms with van der Waals surface area (Å²) in [6.45, 7) is 8.16. The summed E-state index contributed by atoms with van der Waals surface area (Å²) in [6, 6.07) is -0.00426. The topological polar surface area (TPSA) is 50.4 Å². The molecule has 0 aliphatic heterocycles. The number of carbonyl (C=O) groups excluding carboxylic acids is 1. The van der Waals surface area contributed by atoms with Crippen molar-refractivity contribution in [3.8, 4) is 0 Å². The lowest BCUT2D eigenvalue weighted by Gasteiger charge is -2.25. The summed E-state index contributed by atoms with van der Waals surface area (Å²) in [5, 5.41) is 5.57. The van der Waals surface area contributed by atoms with Crippen LogP contribution in [0.5, 0.6) is 0 Å². The first-order valence-electron chi connectivity index (χ1n) is 4.45. The van der Waals surface area contributed by atoms with E-state index in [4.69, 9.17) is 4.74 Å². The van der Waals surface area contributed by atoms with Crippen LogP contribution >= 0.6 is 0 Å². The first kappa shape index (κ1) is 12.2. The van der Waals surface area contributed by atoms with Gasteiger partial charge in [0.1, 0.15) is 0 Å². The molecule has 0 aromatic heterocycles. The second-order valence-corrected chi connectivity index (χ2v) is 4.07. The third kappa shape index (κ3) is 6.40. The van der Waals surface area contributed by atoms with E-state index in [2.05, 4.69) is 10.6 Å². The van der Waals surface area contributed by atoms with Gasteiger partial charge in [0.25, 0.3) is 0 Å². The van der Waals surface area contributed by atoms with Crippen LogP contribution in [0, 0.1) is 0 Å². The molecule has 0 radical (unpaired) electrons. The van der Waals surface area contributed by atoms with Crippen LogP contribution in [0.15, 0.2) is 0 Å². The normalized spacial score (nSPS) is 11.5. The molecular weight excluding hydrogens is 168 g/mol. The SMILES string of the molecule is COCC(C)(C)NC(=O)NC(C)C. The maximum absolute atomic E-state index is 11.3. The molecule has 13 heavy (non-hydrogen) atoms. The molecule has 2 amide bonds. The number of urea groups is 1. The van der Waals surface area contributed by atoms with E-state index in [0.29, 0.717) is 6.61 Å². The first-order valence-corrected chi connectivity index (χ1v) is 4.45. The van der Waals surface area contributed by atoms with Crippen molar-refractivity contribution in [1.29, 1.82) is 0 Å². The minimum absolute atomic E-state index is 0.151. The first-order chi connectivity index (χ1) is 5.87. The average Bonchev–Trinajstić information content (AvgIpc) is 1.81. The fourth-order valence-corrected chi connectivity index (χ4v) is 1.00. The summed E-state index contributed by atoms with van der Waals surface area (Å²) in [4.78, 5) is 11.3. The van der Waals surface area contributed by atoms with Gasteiger partial charge in [-0.1, -0.05) is 0 Å². The zero-order valence-electron chi connectivity index (χ0n) is 9.10. The van der Waals surface area contributed by atoms with Crippen LogP contribution in [0.25, 0.3) is 0 Å². The molecule has 4 nitrogen and oxygen atoms in total. The van der Waals surface area contributed by atoms with Gasteiger partial charge in [-0.25, -0.2) is 4.79 Å².